The van der Waals surface area contributed by atoms with E-state index in [4.69, 9.17) is 10.9 Å². The van der Waals surface area contributed by atoms with Crippen molar-refractivity contribution in [1.82, 2.24) is 9.80 Å². The van der Waals surface area contributed by atoms with Crippen molar-refractivity contribution in [2.24, 2.45) is 16.8 Å². The van der Waals surface area contributed by atoms with E-state index in [1.54, 1.807) is 0 Å². The topological polar surface area (TPSA) is 65.1 Å². The molecule has 2 unspecified atom stereocenters. The van der Waals surface area contributed by atoms with E-state index in [9.17, 15) is 0 Å². The van der Waals surface area contributed by atoms with E-state index >= 15 is 0 Å². The molecule has 88 valence electrons. The van der Waals surface area contributed by atoms with E-state index in [2.05, 4.69) is 28.9 Å². The van der Waals surface area contributed by atoms with Crippen LogP contribution in [0, 0.1) is 5.92 Å². The second-order valence-electron chi connectivity index (χ2n) is 4.52. The molecule has 5 heteroatoms. The van der Waals surface area contributed by atoms with Crippen LogP contribution >= 0.6 is 0 Å². The Morgan fingerprint density at radius 3 is 2.80 bits per heavy atom. The summed E-state index contributed by atoms with van der Waals surface area (Å²) in [5.74, 6) is 0.437. The molecule has 1 saturated heterocycles. The SMILES string of the molecule is CC(CN1CCN(C)C(C)C1)C(N)=NO. The van der Waals surface area contributed by atoms with Crippen LogP contribution < -0.4 is 5.73 Å². The van der Waals surface area contributed by atoms with Gasteiger partial charge in [0.15, 0.2) is 0 Å². The van der Waals surface area contributed by atoms with Gasteiger partial charge in [-0.3, -0.25) is 4.90 Å². The number of hydrogen-bond acceptors (Lipinski definition) is 4. The molecule has 1 fully saturated rings. The van der Waals surface area contributed by atoms with Crippen molar-refractivity contribution in [2.45, 2.75) is 19.9 Å². The Kier molecular flexibility index (Phi) is 4.35. The van der Waals surface area contributed by atoms with Crippen LogP contribution in [0.5, 0.6) is 0 Å². The first-order valence-corrected chi connectivity index (χ1v) is 5.44. The summed E-state index contributed by atoms with van der Waals surface area (Å²) >= 11 is 0. The minimum Gasteiger partial charge on any atom is -0.409 e. The molecule has 15 heavy (non-hydrogen) atoms. The second-order valence-corrected chi connectivity index (χ2v) is 4.52. The zero-order valence-electron chi connectivity index (χ0n) is 9.85. The molecule has 0 saturated carbocycles. The van der Waals surface area contributed by atoms with Crippen molar-refractivity contribution in [3.8, 4) is 0 Å². The van der Waals surface area contributed by atoms with Gasteiger partial charge in [-0.2, -0.15) is 0 Å². The fraction of sp³-hybridized carbons (Fsp3) is 0.900. The standard InChI is InChI=1S/C10H22N4O/c1-8(10(11)12-15)6-14-5-4-13(3)9(2)7-14/h8-9,15H,4-7H2,1-3H3,(H2,11,12). The lowest BCUT2D eigenvalue weighted by Crippen LogP contribution is -2.51. The number of rotatable bonds is 3. The van der Waals surface area contributed by atoms with Crippen molar-refractivity contribution in [3.05, 3.63) is 0 Å². The third-order valence-corrected chi connectivity index (χ3v) is 3.20. The number of piperazine rings is 1. The largest absolute Gasteiger partial charge is 0.409 e. The molecule has 0 aromatic carbocycles. The third kappa shape index (κ3) is 3.35. The highest BCUT2D eigenvalue weighted by Gasteiger charge is 2.22. The summed E-state index contributed by atoms with van der Waals surface area (Å²) in [4.78, 5) is 4.72. The molecule has 0 radical (unpaired) electrons. The van der Waals surface area contributed by atoms with Crippen LogP contribution in [0.15, 0.2) is 5.16 Å². The van der Waals surface area contributed by atoms with E-state index in [0.29, 0.717) is 11.9 Å². The molecule has 0 aromatic heterocycles. The van der Waals surface area contributed by atoms with Gasteiger partial charge in [-0.1, -0.05) is 12.1 Å². The third-order valence-electron chi connectivity index (χ3n) is 3.20. The minimum absolute atomic E-state index is 0.116. The molecule has 2 atom stereocenters. The molecule has 1 aliphatic heterocycles. The zero-order chi connectivity index (χ0) is 11.4. The van der Waals surface area contributed by atoms with Gasteiger partial charge in [-0.15, -0.1) is 0 Å². The number of amidine groups is 1. The number of likely N-dealkylation sites (N-methyl/N-ethyl adjacent to an activating group) is 1. The average molecular weight is 214 g/mol. The molecule has 1 aliphatic rings. The van der Waals surface area contributed by atoms with Gasteiger partial charge >= 0.3 is 0 Å². The smallest absolute Gasteiger partial charge is 0.143 e. The fourth-order valence-corrected chi connectivity index (χ4v) is 1.87. The van der Waals surface area contributed by atoms with Gasteiger partial charge < -0.3 is 15.8 Å². The van der Waals surface area contributed by atoms with E-state index < -0.39 is 0 Å². The van der Waals surface area contributed by atoms with Crippen LogP contribution in [0.2, 0.25) is 0 Å². The van der Waals surface area contributed by atoms with Crippen LogP contribution in [0.25, 0.3) is 0 Å². The van der Waals surface area contributed by atoms with Crippen LogP contribution in [0.4, 0.5) is 0 Å². The van der Waals surface area contributed by atoms with Gasteiger partial charge in [0.2, 0.25) is 0 Å². The molecule has 5 nitrogen and oxygen atoms in total. The number of nitrogens with two attached hydrogens (primary N) is 1. The van der Waals surface area contributed by atoms with Gasteiger partial charge in [-0.05, 0) is 14.0 Å². The highest BCUT2D eigenvalue weighted by Crippen LogP contribution is 2.09. The van der Waals surface area contributed by atoms with Gasteiger partial charge in [-0.25, -0.2) is 0 Å². The summed E-state index contributed by atoms with van der Waals surface area (Å²) < 4.78 is 0. The maximum absolute atomic E-state index is 8.56. The molecule has 0 aromatic rings. The van der Waals surface area contributed by atoms with Crippen molar-refractivity contribution in [2.75, 3.05) is 33.2 Å². The van der Waals surface area contributed by atoms with E-state index in [1.165, 1.54) is 0 Å². The maximum Gasteiger partial charge on any atom is 0.143 e. The normalized spacial score (nSPS) is 27.9. The Bertz CT molecular complexity index is 231. The lowest BCUT2D eigenvalue weighted by molar-refractivity contribution is 0.100. The predicted molar refractivity (Wildman–Crippen MR) is 61.1 cm³/mol. The first-order valence-electron chi connectivity index (χ1n) is 5.44. The number of nitrogens with zero attached hydrogens (tertiary/aromatic N) is 3. The molecule has 0 aliphatic carbocycles. The number of oxime groups is 1. The zero-order valence-corrected chi connectivity index (χ0v) is 9.85. The highest BCUT2D eigenvalue weighted by atomic mass is 16.4. The lowest BCUT2D eigenvalue weighted by atomic mass is 10.1. The monoisotopic (exact) mass is 214 g/mol. The van der Waals surface area contributed by atoms with Crippen LogP contribution in [0.1, 0.15) is 13.8 Å². The highest BCUT2D eigenvalue weighted by molar-refractivity contribution is 5.82. The summed E-state index contributed by atoms with van der Waals surface area (Å²) in [6.45, 7) is 8.28. The molecule has 1 rings (SSSR count). The lowest BCUT2D eigenvalue weighted by Gasteiger charge is -2.38. The summed E-state index contributed by atoms with van der Waals surface area (Å²) in [7, 11) is 2.15. The first-order chi connectivity index (χ1) is 7.04. The van der Waals surface area contributed by atoms with Gasteiger partial charge in [0.05, 0.1) is 0 Å². The van der Waals surface area contributed by atoms with Crippen molar-refractivity contribution in [3.63, 3.8) is 0 Å². The quantitative estimate of drug-likeness (QED) is 0.300. The summed E-state index contributed by atoms with van der Waals surface area (Å²) in [6, 6.07) is 0.582. The first kappa shape index (κ1) is 12.3. The Balaban J connectivity index is 2.40. The van der Waals surface area contributed by atoms with Crippen LogP contribution in [-0.4, -0.2) is 60.1 Å². The Morgan fingerprint density at radius 1 is 1.60 bits per heavy atom. The van der Waals surface area contributed by atoms with E-state index in [1.807, 2.05) is 6.92 Å². The number of hydrogen-bond donors (Lipinski definition) is 2. The van der Waals surface area contributed by atoms with E-state index in [0.717, 1.165) is 26.2 Å². The van der Waals surface area contributed by atoms with Gasteiger partial charge in [0.25, 0.3) is 0 Å². The summed E-state index contributed by atoms with van der Waals surface area (Å²) in [6.07, 6.45) is 0. The minimum atomic E-state index is 0.116. The molecular weight excluding hydrogens is 192 g/mol. The van der Waals surface area contributed by atoms with Crippen molar-refractivity contribution >= 4 is 5.84 Å². The van der Waals surface area contributed by atoms with Gasteiger partial charge in [0.1, 0.15) is 5.84 Å². The Morgan fingerprint density at radius 2 is 2.27 bits per heavy atom. The van der Waals surface area contributed by atoms with E-state index in [-0.39, 0.29) is 5.92 Å². The fourth-order valence-electron chi connectivity index (χ4n) is 1.87. The second kappa shape index (κ2) is 5.32. The molecule has 1 heterocycles. The summed E-state index contributed by atoms with van der Waals surface area (Å²) in [5.41, 5.74) is 5.56. The molecule has 0 bridgehead atoms. The molecule has 3 N–H and O–H groups in total. The Labute approximate surface area is 91.5 Å². The molecule has 0 amide bonds. The molecular formula is C10H22N4O. The van der Waals surface area contributed by atoms with Gasteiger partial charge in [0, 0.05) is 38.1 Å². The van der Waals surface area contributed by atoms with Crippen LogP contribution in [-0.2, 0) is 0 Å². The predicted octanol–water partition coefficient (Wildman–Crippen LogP) is 0.00480. The Hall–Kier alpha value is -0.810. The average Bonchev–Trinajstić information content (AvgIpc) is 2.22. The van der Waals surface area contributed by atoms with Crippen molar-refractivity contribution in [1.29, 1.82) is 0 Å². The molecule has 0 spiro atoms. The van der Waals surface area contributed by atoms with Crippen molar-refractivity contribution < 1.29 is 5.21 Å². The van der Waals surface area contributed by atoms with Crippen LogP contribution in [0.3, 0.4) is 0 Å². The summed E-state index contributed by atoms with van der Waals surface area (Å²) in [5, 5.41) is 11.6. The maximum atomic E-state index is 8.56.